The zero-order valence-electron chi connectivity index (χ0n) is 11.6. The van der Waals surface area contributed by atoms with Crippen LogP contribution >= 0.6 is 12.4 Å². The fourth-order valence-electron chi connectivity index (χ4n) is 1.89. The molecule has 18 heavy (non-hydrogen) atoms. The summed E-state index contributed by atoms with van der Waals surface area (Å²) < 4.78 is 4.81. The van der Waals surface area contributed by atoms with Crippen molar-refractivity contribution >= 4 is 18.4 Å². The van der Waals surface area contributed by atoms with Crippen molar-refractivity contribution in [2.75, 3.05) is 7.11 Å². The van der Waals surface area contributed by atoms with Crippen LogP contribution < -0.4 is 5.73 Å². The molecule has 0 unspecified atom stereocenters. The SMILES string of the molecule is COC(=O)C(C)(C)[C@H](N)c1cccc(C)c1C.Cl. The summed E-state index contributed by atoms with van der Waals surface area (Å²) in [4.78, 5) is 11.7. The molecule has 3 nitrogen and oxygen atoms in total. The monoisotopic (exact) mass is 271 g/mol. The van der Waals surface area contributed by atoms with Gasteiger partial charge < -0.3 is 10.5 Å². The number of rotatable bonds is 3. The maximum absolute atomic E-state index is 11.7. The molecule has 0 saturated heterocycles. The number of aryl methyl sites for hydroxylation is 1. The predicted molar refractivity (Wildman–Crippen MR) is 75.9 cm³/mol. The second kappa shape index (κ2) is 6.21. The van der Waals surface area contributed by atoms with Crippen molar-refractivity contribution in [1.29, 1.82) is 0 Å². The first-order valence-corrected chi connectivity index (χ1v) is 5.72. The Morgan fingerprint density at radius 2 is 1.89 bits per heavy atom. The molecule has 1 atom stereocenters. The first-order valence-electron chi connectivity index (χ1n) is 5.72. The van der Waals surface area contributed by atoms with Crippen LogP contribution in [0, 0.1) is 19.3 Å². The van der Waals surface area contributed by atoms with Crippen LogP contribution in [0.2, 0.25) is 0 Å². The van der Waals surface area contributed by atoms with Crippen LogP contribution in [0.1, 0.15) is 36.6 Å². The number of carbonyl (C=O) groups excluding carboxylic acids is 1. The molecule has 0 aliphatic carbocycles. The van der Waals surface area contributed by atoms with Crippen LogP contribution in [-0.2, 0) is 9.53 Å². The highest BCUT2D eigenvalue weighted by molar-refractivity contribution is 5.85. The minimum absolute atomic E-state index is 0. The number of nitrogens with two attached hydrogens (primary N) is 1. The lowest BCUT2D eigenvalue weighted by Gasteiger charge is -2.30. The largest absolute Gasteiger partial charge is 0.469 e. The molecule has 2 N–H and O–H groups in total. The first-order chi connectivity index (χ1) is 7.82. The Bertz CT molecular complexity index is 430. The third-order valence-electron chi connectivity index (χ3n) is 3.47. The van der Waals surface area contributed by atoms with Gasteiger partial charge in [0.1, 0.15) is 0 Å². The van der Waals surface area contributed by atoms with Gasteiger partial charge >= 0.3 is 5.97 Å². The fourth-order valence-corrected chi connectivity index (χ4v) is 1.89. The fraction of sp³-hybridized carbons (Fsp3) is 0.500. The molecule has 0 heterocycles. The van der Waals surface area contributed by atoms with E-state index in [-0.39, 0.29) is 24.4 Å². The molecule has 0 bridgehead atoms. The summed E-state index contributed by atoms with van der Waals surface area (Å²) in [5.74, 6) is -0.286. The molecule has 0 radical (unpaired) electrons. The second-order valence-corrected chi connectivity index (χ2v) is 4.98. The number of hydrogen-bond acceptors (Lipinski definition) is 3. The van der Waals surface area contributed by atoms with Crippen LogP contribution in [0.4, 0.5) is 0 Å². The average Bonchev–Trinajstić information content (AvgIpc) is 2.30. The van der Waals surface area contributed by atoms with Crippen LogP contribution in [0.5, 0.6) is 0 Å². The molecule has 102 valence electrons. The van der Waals surface area contributed by atoms with E-state index in [2.05, 4.69) is 0 Å². The number of hydrogen-bond donors (Lipinski definition) is 1. The van der Waals surface area contributed by atoms with Crippen molar-refractivity contribution in [1.82, 2.24) is 0 Å². The van der Waals surface area contributed by atoms with E-state index >= 15 is 0 Å². The van der Waals surface area contributed by atoms with Crippen LogP contribution in [0.15, 0.2) is 18.2 Å². The third kappa shape index (κ3) is 3.03. The molecule has 1 aromatic carbocycles. The Morgan fingerprint density at radius 3 is 2.39 bits per heavy atom. The summed E-state index contributed by atoms with van der Waals surface area (Å²) in [5, 5.41) is 0. The molecule has 4 heteroatoms. The predicted octanol–water partition coefficient (Wildman–Crippen LogP) is 2.92. The Balaban J connectivity index is 0.00000289. The highest BCUT2D eigenvalue weighted by Crippen LogP contribution is 2.34. The highest BCUT2D eigenvalue weighted by atomic mass is 35.5. The minimum Gasteiger partial charge on any atom is -0.469 e. The number of benzene rings is 1. The van der Waals surface area contributed by atoms with Crippen molar-refractivity contribution in [3.8, 4) is 0 Å². The zero-order valence-corrected chi connectivity index (χ0v) is 12.4. The molecular weight excluding hydrogens is 250 g/mol. The van der Waals surface area contributed by atoms with Gasteiger partial charge in [0, 0.05) is 6.04 Å². The van der Waals surface area contributed by atoms with Crippen molar-refractivity contribution in [3.05, 3.63) is 34.9 Å². The van der Waals surface area contributed by atoms with E-state index in [4.69, 9.17) is 10.5 Å². The van der Waals surface area contributed by atoms with Gasteiger partial charge in [-0.3, -0.25) is 4.79 Å². The van der Waals surface area contributed by atoms with E-state index in [1.54, 1.807) is 0 Å². The van der Waals surface area contributed by atoms with Gasteiger partial charge in [-0.05, 0) is 44.4 Å². The Hall–Kier alpha value is -1.06. The number of methoxy groups -OCH3 is 1. The van der Waals surface area contributed by atoms with E-state index in [0.29, 0.717) is 0 Å². The molecule has 0 aromatic heterocycles. The lowest BCUT2D eigenvalue weighted by Crippen LogP contribution is -2.37. The van der Waals surface area contributed by atoms with Crippen LogP contribution in [0.25, 0.3) is 0 Å². The van der Waals surface area contributed by atoms with Gasteiger partial charge in [-0.1, -0.05) is 18.2 Å². The normalized spacial score (nSPS) is 12.6. The number of ether oxygens (including phenoxy) is 1. The Kier molecular flexibility index (Phi) is 5.84. The Labute approximate surface area is 115 Å². The summed E-state index contributed by atoms with van der Waals surface area (Å²) in [7, 11) is 1.39. The summed E-state index contributed by atoms with van der Waals surface area (Å²) in [5.41, 5.74) is 8.81. The highest BCUT2D eigenvalue weighted by Gasteiger charge is 2.37. The Morgan fingerprint density at radius 1 is 1.33 bits per heavy atom. The van der Waals surface area contributed by atoms with E-state index in [1.807, 2.05) is 45.9 Å². The van der Waals surface area contributed by atoms with Crippen molar-refractivity contribution in [2.24, 2.45) is 11.1 Å². The van der Waals surface area contributed by atoms with Gasteiger partial charge in [0.25, 0.3) is 0 Å². The molecule has 0 amide bonds. The smallest absolute Gasteiger partial charge is 0.313 e. The van der Waals surface area contributed by atoms with Crippen LogP contribution in [0.3, 0.4) is 0 Å². The van der Waals surface area contributed by atoms with Gasteiger partial charge in [-0.2, -0.15) is 0 Å². The lowest BCUT2D eigenvalue weighted by atomic mass is 9.79. The zero-order chi connectivity index (χ0) is 13.2. The maximum atomic E-state index is 11.7. The first kappa shape index (κ1) is 16.9. The summed E-state index contributed by atoms with van der Waals surface area (Å²) >= 11 is 0. The molecule has 1 rings (SSSR count). The maximum Gasteiger partial charge on any atom is 0.313 e. The topological polar surface area (TPSA) is 52.3 Å². The van der Waals surface area contributed by atoms with Gasteiger partial charge in [0.05, 0.1) is 12.5 Å². The molecule has 0 saturated carbocycles. The van der Waals surface area contributed by atoms with Crippen molar-refractivity contribution in [3.63, 3.8) is 0 Å². The molecule has 1 aromatic rings. The van der Waals surface area contributed by atoms with E-state index in [9.17, 15) is 4.79 Å². The molecular formula is C14H22ClNO2. The summed E-state index contributed by atoms with van der Waals surface area (Å²) in [6.07, 6.45) is 0. The average molecular weight is 272 g/mol. The molecule has 0 fully saturated rings. The lowest BCUT2D eigenvalue weighted by molar-refractivity contribution is -0.152. The number of esters is 1. The van der Waals surface area contributed by atoms with E-state index < -0.39 is 5.41 Å². The van der Waals surface area contributed by atoms with Crippen LogP contribution in [-0.4, -0.2) is 13.1 Å². The van der Waals surface area contributed by atoms with Crippen molar-refractivity contribution < 1.29 is 9.53 Å². The van der Waals surface area contributed by atoms with Gasteiger partial charge in [0.15, 0.2) is 0 Å². The van der Waals surface area contributed by atoms with Gasteiger partial charge in [-0.15, -0.1) is 12.4 Å². The molecule has 0 aliphatic rings. The van der Waals surface area contributed by atoms with Crippen molar-refractivity contribution in [2.45, 2.75) is 33.7 Å². The van der Waals surface area contributed by atoms with Gasteiger partial charge in [-0.25, -0.2) is 0 Å². The van der Waals surface area contributed by atoms with Gasteiger partial charge in [0.2, 0.25) is 0 Å². The van der Waals surface area contributed by atoms with E-state index in [1.165, 1.54) is 12.7 Å². The second-order valence-electron chi connectivity index (χ2n) is 4.98. The summed E-state index contributed by atoms with van der Waals surface area (Å²) in [6, 6.07) is 5.61. The quantitative estimate of drug-likeness (QED) is 0.860. The summed E-state index contributed by atoms with van der Waals surface area (Å²) in [6.45, 7) is 7.69. The third-order valence-corrected chi connectivity index (χ3v) is 3.47. The standard InChI is InChI=1S/C14H21NO2.ClH/c1-9-7-6-8-11(10(9)2)12(15)14(3,4)13(16)17-5;/h6-8,12H,15H2,1-5H3;1H/t12-;/m1./s1. The number of halogens is 1. The number of carbonyl (C=O) groups is 1. The molecule has 0 aliphatic heterocycles. The molecule has 0 spiro atoms. The van der Waals surface area contributed by atoms with E-state index in [0.717, 1.165) is 11.1 Å². The minimum atomic E-state index is -0.729.